The fourth-order valence-electron chi connectivity index (χ4n) is 6.73. The molecule has 0 radical (unpaired) electrons. The molecule has 0 spiro atoms. The van der Waals surface area contributed by atoms with Crippen molar-refractivity contribution >= 4 is 24.1 Å². The van der Waals surface area contributed by atoms with E-state index in [1.165, 1.54) is 16.7 Å². The summed E-state index contributed by atoms with van der Waals surface area (Å²) in [7, 11) is -1.13. The Morgan fingerprint density at radius 1 is 0.442 bits per heavy atom. The van der Waals surface area contributed by atoms with E-state index in [0.717, 1.165) is 50.1 Å². The van der Waals surface area contributed by atoms with Gasteiger partial charge in [0.25, 0.3) is 0 Å². The minimum absolute atomic E-state index is 0. The molecule has 4 heterocycles. The van der Waals surface area contributed by atoms with Crippen LogP contribution in [0, 0.1) is 18.2 Å². The summed E-state index contributed by atoms with van der Waals surface area (Å²) in [5.74, 6) is -0.414. The van der Waals surface area contributed by atoms with Gasteiger partial charge in [-0.05, 0) is 36.4 Å². The first-order valence-corrected chi connectivity index (χ1v) is 19.3. The molecule has 2 atom stereocenters. The first kappa shape index (κ1) is 37.9. The maximum Gasteiger partial charge on any atom is 3.00 e. The molecule has 6 bridgehead atoms. The van der Waals surface area contributed by atoms with Gasteiger partial charge in [0.2, 0.25) is 0 Å². The summed E-state index contributed by atoms with van der Waals surface area (Å²) in [6.07, 6.45) is 0. The van der Waals surface area contributed by atoms with E-state index in [2.05, 4.69) is 190 Å². The quantitative estimate of drug-likeness (QED) is 0.102. The van der Waals surface area contributed by atoms with Crippen molar-refractivity contribution in [2.24, 2.45) is 0 Å². The molecule has 5 heteroatoms. The molecule has 3 aromatic carbocycles. The van der Waals surface area contributed by atoms with Crippen LogP contribution < -0.4 is 16.2 Å². The van der Waals surface area contributed by atoms with Crippen molar-refractivity contribution in [3.8, 4) is 0 Å². The molecule has 1 aliphatic rings. The molecule has 0 fully saturated rings. The van der Waals surface area contributed by atoms with Gasteiger partial charge in [-0.15, -0.1) is 16.4 Å². The Labute approximate surface area is 325 Å². The number of nitrogens with zero attached hydrogens (tertiary/aromatic N) is 3. The van der Waals surface area contributed by atoms with Gasteiger partial charge in [0.05, 0.1) is 33.6 Å². The summed E-state index contributed by atoms with van der Waals surface area (Å²) >= 11 is 0. The maximum atomic E-state index is 5.48. The van der Waals surface area contributed by atoms with Crippen LogP contribution in [0.2, 0.25) is 0 Å². The third-order valence-electron chi connectivity index (χ3n) is 9.88. The van der Waals surface area contributed by atoms with Crippen molar-refractivity contribution < 1.29 is 19.5 Å². The molecule has 52 heavy (non-hydrogen) atoms. The number of rotatable bonds is 3. The van der Waals surface area contributed by atoms with Gasteiger partial charge in [-0.25, -0.2) is 0 Å². The molecule has 0 saturated carbocycles. The average Bonchev–Trinajstić information content (AvgIpc) is 3.09. The fourth-order valence-corrected chi connectivity index (χ4v) is 8.78. The minimum atomic E-state index is -1.13. The van der Waals surface area contributed by atoms with Crippen LogP contribution in [0.1, 0.15) is 125 Å². The molecule has 3 aromatic heterocycles. The summed E-state index contributed by atoms with van der Waals surface area (Å²) in [4.78, 5) is 16.4. The second-order valence-corrected chi connectivity index (χ2v) is 18.9. The second kappa shape index (κ2) is 14.5. The Hall–Kier alpha value is -3.84. The van der Waals surface area contributed by atoms with Crippen LogP contribution in [0.3, 0.4) is 0 Å². The van der Waals surface area contributed by atoms with Crippen molar-refractivity contribution in [2.45, 2.75) is 90.4 Å². The first-order chi connectivity index (χ1) is 24.2. The predicted molar refractivity (Wildman–Crippen MR) is 212 cm³/mol. The zero-order valence-corrected chi connectivity index (χ0v) is 34.2. The standard InChI is InChI=1S/C47H47N3P.Rh/c1-45(2,3)33-23-19-31(20-24-33)43-37-13-10-14-38(48-37)44(32-21-25-34(26-22-32)46(4,5)6)40-16-12-18-42(50-40)51(41-17-11-15-39(43)49-41)36-29-27-35(28-30-36)47(7,8)9;/h10-19,21,23-29,43-44H,1-9H3;/q-3;+3. The van der Waals surface area contributed by atoms with Gasteiger partial charge in [-0.2, -0.15) is 89.5 Å². The van der Waals surface area contributed by atoms with E-state index in [0.29, 0.717) is 0 Å². The predicted octanol–water partition coefficient (Wildman–Crippen LogP) is 9.59. The zero-order chi connectivity index (χ0) is 36.1. The van der Waals surface area contributed by atoms with Gasteiger partial charge in [-0.1, -0.05) is 96.8 Å². The van der Waals surface area contributed by atoms with E-state index in [9.17, 15) is 0 Å². The summed E-state index contributed by atoms with van der Waals surface area (Å²) in [6.45, 7) is 20.2. The molecule has 7 rings (SSSR count). The molecule has 0 aliphatic carbocycles. The van der Waals surface area contributed by atoms with Crippen LogP contribution in [-0.4, -0.2) is 15.0 Å². The van der Waals surface area contributed by atoms with Gasteiger partial charge in [-0.3, -0.25) is 15.0 Å². The minimum Gasteiger partial charge on any atom is -0.256 e. The second-order valence-electron chi connectivity index (χ2n) is 16.8. The molecule has 6 aromatic rings. The van der Waals surface area contributed by atoms with E-state index in [1.54, 1.807) is 0 Å². The smallest absolute Gasteiger partial charge is 0.256 e. The van der Waals surface area contributed by atoms with Crippen molar-refractivity contribution in [1.29, 1.82) is 0 Å². The van der Waals surface area contributed by atoms with E-state index < -0.39 is 7.92 Å². The van der Waals surface area contributed by atoms with Crippen LogP contribution in [0.5, 0.6) is 0 Å². The number of aromatic nitrogens is 3. The van der Waals surface area contributed by atoms with Gasteiger partial charge < -0.3 is 0 Å². The molecule has 0 N–H and O–H groups in total. The molecular formula is C47H47N3PRh. The topological polar surface area (TPSA) is 38.7 Å². The molecule has 1 aliphatic heterocycles. The summed E-state index contributed by atoms with van der Waals surface area (Å²) in [6, 6.07) is 50.1. The molecule has 0 amide bonds. The normalized spacial score (nSPS) is 17.4. The van der Waals surface area contributed by atoms with Crippen LogP contribution in [0.4, 0.5) is 0 Å². The van der Waals surface area contributed by atoms with Crippen molar-refractivity contribution in [1.82, 2.24) is 15.0 Å². The van der Waals surface area contributed by atoms with Crippen LogP contribution >= 0.6 is 7.92 Å². The van der Waals surface area contributed by atoms with E-state index in [-0.39, 0.29) is 47.6 Å². The number of fused-ring (bicyclic) bond motifs is 6. The molecule has 3 nitrogen and oxygen atoms in total. The maximum absolute atomic E-state index is 5.48. The Kier molecular flexibility index (Phi) is 10.6. The molecular weight excluding hydrogens is 740 g/mol. The van der Waals surface area contributed by atoms with Crippen molar-refractivity contribution in [2.75, 3.05) is 0 Å². The van der Waals surface area contributed by atoms with Crippen LogP contribution in [-0.2, 0) is 35.7 Å². The Morgan fingerprint density at radius 2 is 0.808 bits per heavy atom. The van der Waals surface area contributed by atoms with Crippen molar-refractivity contribution in [3.05, 3.63) is 178 Å². The molecule has 2 unspecified atom stereocenters. The zero-order valence-electron chi connectivity index (χ0n) is 31.7. The van der Waals surface area contributed by atoms with Gasteiger partial charge in [0.1, 0.15) is 0 Å². The van der Waals surface area contributed by atoms with Crippen molar-refractivity contribution in [3.63, 3.8) is 0 Å². The van der Waals surface area contributed by atoms with Gasteiger partial charge in [0.15, 0.2) is 0 Å². The Balaban J connectivity index is 0.00000464. The number of pyridine rings is 3. The van der Waals surface area contributed by atoms with E-state index >= 15 is 0 Å². The first-order valence-electron chi connectivity index (χ1n) is 17.9. The van der Waals surface area contributed by atoms with Gasteiger partial charge >= 0.3 is 19.5 Å². The Morgan fingerprint density at radius 3 is 1.15 bits per heavy atom. The number of hydrogen-bond donors (Lipinski definition) is 0. The third-order valence-corrected chi connectivity index (χ3v) is 12.1. The summed E-state index contributed by atoms with van der Waals surface area (Å²) in [5.41, 5.74) is 11.7. The third kappa shape index (κ3) is 7.76. The summed E-state index contributed by atoms with van der Waals surface area (Å²) in [5, 5.41) is 1.11. The van der Waals surface area contributed by atoms with Crippen LogP contribution in [0.15, 0.2) is 109 Å². The molecule has 0 saturated heterocycles. The molecule has 264 valence electrons. The van der Waals surface area contributed by atoms with Gasteiger partial charge in [0, 0.05) is 19.8 Å². The SMILES string of the molecule is CC(C)(C)c1c[c-]c(C2c3cccc(n3)C(c3[c-]cc(C(C)(C)C)cc3)c3cccc(n3)P(c3[c-]cc(C(C)(C)C)cc3)c3cccc2n3)cc1.[Rh+3]. The largest absolute Gasteiger partial charge is 3.00 e. The fraction of sp³-hybridized carbons (Fsp3) is 0.298. The van der Waals surface area contributed by atoms with Crippen LogP contribution in [0.25, 0.3) is 0 Å². The number of hydrogen-bond acceptors (Lipinski definition) is 3. The summed E-state index contributed by atoms with van der Waals surface area (Å²) < 4.78 is 0. The van der Waals surface area contributed by atoms with E-state index in [1.807, 2.05) is 0 Å². The number of benzene rings is 3. The monoisotopic (exact) mass is 787 g/mol. The average molecular weight is 788 g/mol. The van der Waals surface area contributed by atoms with E-state index in [4.69, 9.17) is 15.0 Å². The Bertz CT molecular complexity index is 1850.